The fourth-order valence-electron chi connectivity index (χ4n) is 4.91. The highest BCUT2D eigenvalue weighted by molar-refractivity contribution is 5.90. The molecule has 178 valence electrons. The zero-order valence-corrected chi connectivity index (χ0v) is 20.1. The van der Waals surface area contributed by atoms with Crippen LogP contribution in [0.3, 0.4) is 0 Å². The third-order valence-electron chi connectivity index (χ3n) is 6.89. The van der Waals surface area contributed by atoms with Gasteiger partial charge < -0.3 is 14.8 Å². The third-order valence-corrected chi connectivity index (χ3v) is 6.89. The zero-order chi connectivity index (χ0) is 24.4. The highest BCUT2D eigenvalue weighted by atomic mass is 16.2. The Labute approximate surface area is 205 Å². The second-order valence-electron chi connectivity index (χ2n) is 9.29. The van der Waals surface area contributed by atoms with Gasteiger partial charge in [-0.3, -0.25) is 9.59 Å². The van der Waals surface area contributed by atoms with Gasteiger partial charge in [-0.25, -0.2) is 4.98 Å². The molecule has 0 unspecified atom stereocenters. The van der Waals surface area contributed by atoms with Crippen molar-refractivity contribution in [2.75, 3.05) is 6.54 Å². The maximum atomic E-state index is 13.8. The molecule has 0 aliphatic carbocycles. The van der Waals surface area contributed by atoms with Crippen molar-refractivity contribution >= 4 is 22.8 Å². The maximum absolute atomic E-state index is 13.8. The second kappa shape index (κ2) is 9.74. The fourth-order valence-corrected chi connectivity index (χ4v) is 4.91. The minimum absolute atomic E-state index is 0.0525. The van der Waals surface area contributed by atoms with Crippen LogP contribution in [-0.4, -0.2) is 32.8 Å². The minimum Gasteiger partial charge on any atom is -0.355 e. The van der Waals surface area contributed by atoms with E-state index in [0.29, 0.717) is 13.1 Å². The predicted molar refractivity (Wildman–Crippen MR) is 137 cm³/mol. The van der Waals surface area contributed by atoms with E-state index in [1.807, 2.05) is 89.2 Å². The molecule has 1 aliphatic heterocycles. The van der Waals surface area contributed by atoms with Crippen molar-refractivity contribution in [2.24, 2.45) is 0 Å². The van der Waals surface area contributed by atoms with Crippen molar-refractivity contribution in [3.8, 4) is 0 Å². The maximum Gasteiger partial charge on any atom is 0.247 e. The molecule has 2 heterocycles. The summed E-state index contributed by atoms with van der Waals surface area (Å²) in [5.41, 5.74) is 3.95. The van der Waals surface area contributed by atoms with Crippen molar-refractivity contribution in [1.82, 2.24) is 19.8 Å². The number of nitrogens with zero attached hydrogens (tertiary/aromatic N) is 3. The molecule has 1 N–H and O–H groups in total. The van der Waals surface area contributed by atoms with Crippen molar-refractivity contribution in [3.05, 3.63) is 102 Å². The first-order valence-corrected chi connectivity index (χ1v) is 12.2. The summed E-state index contributed by atoms with van der Waals surface area (Å²) in [4.78, 5) is 33.6. The molecule has 3 aromatic carbocycles. The van der Waals surface area contributed by atoms with Gasteiger partial charge in [0.15, 0.2) is 0 Å². The van der Waals surface area contributed by atoms with E-state index in [2.05, 4.69) is 24.4 Å². The van der Waals surface area contributed by atoms with Gasteiger partial charge in [0.05, 0.1) is 23.5 Å². The van der Waals surface area contributed by atoms with Crippen molar-refractivity contribution in [1.29, 1.82) is 0 Å². The molecule has 0 bridgehead atoms. The number of para-hydroxylation sites is 2. The number of nitrogens with one attached hydrogen (secondary N) is 1. The van der Waals surface area contributed by atoms with Crippen LogP contribution >= 0.6 is 0 Å². The molecule has 35 heavy (non-hydrogen) atoms. The monoisotopic (exact) mass is 466 g/mol. The number of aromatic nitrogens is 2. The number of benzene rings is 3. The van der Waals surface area contributed by atoms with Gasteiger partial charge >= 0.3 is 0 Å². The molecule has 0 saturated heterocycles. The number of rotatable bonds is 7. The Kier molecular flexibility index (Phi) is 6.36. The highest BCUT2D eigenvalue weighted by Gasteiger charge is 2.40. The summed E-state index contributed by atoms with van der Waals surface area (Å²) in [6, 6.07) is 27.1. The number of hydrogen-bond acceptors (Lipinski definition) is 3. The number of imidazole rings is 1. The Morgan fingerprint density at radius 1 is 0.971 bits per heavy atom. The lowest BCUT2D eigenvalue weighted by Gasteiger charge is -2.38. The van der Waals surface area contributed by atoms with E-state index in [4.69, 9.17) is 4.98 Å². The molecule has 0 fully saturated rings. The number of hydrogen-bond donors (Lipinski definition) is 1. The Hall–Kier alpha value is -3.93. The largest absolute Gasteiger partial charge is 0.355 e. The molecule has 5 rings (SSSR count). The van der Waals surface area contributed by atoms with Gasteiger partial charge in [-0.05, 0) is 36.1 Å². The van der Waals surface area contributed by atoms with E-state index in [-0.39, 0.29) is 30.2 Å². The molecular formula is C29H30N4O2. The SMILES string of the molecule is C[C@H](CNC(=O)C[C@@H]1C(=O)N(Cc2ccccc2)[C@H](C)c2nc3ccccc3n21)c1ccccc1. The molecule has 0 saturated carbocycles. The van der Waals surface area contributed by atoms with Crippen LogP contribution in [0.25, 0.3) is 11.0 Å². The molecule has 0 spiro atoms. The third kappa shape index (κ3) is 4.56. The summed E-state index contributed by atoms with van der Waals surface area (Å²) >= 11 is 0. The molecule has 6 heteroatoms. The summed E-state index contributed by atoms with van der Waals surface area (Å²) in [5.74, 6) is 0.811. The van der Waals surface area contributed by atoms with E-state index < -0.39 is 6.04 Å². The first-order chi connectivity index (χ1) is 17.0. The zero-order valence-electron chi connectivity index (χ0n) is 20.1. The van der Waals surface area contributed by atoms with Crippen LogP contribution in [0.2, 0.25) is 0 Å². The lowest BCUT2D eigenvalue weighted by molar-refractivity contribution is -0.142. The van der Waals surface area contributed by atoms with Crippen LogP contribution in [0, 0.1) is 0 Å². The van der Waals surface area contributed by atoms with Gasteiger partial charge in [0.25, 0.3) is 0 Å². The Bertz CT molecular complexity index is 1330. The van der Waals surface area contributed by atoms with E-state index in [1.165, 1.54) is 5.56 Å². The van der Waals surface area contributed by atoms with Crippen molar-refractivity contribution < 1.29 is 9.59 Å². The highest BCUT2D eigenvalue weighted by Crippen LogP contribution is 2.37. The van der Waals surface area contributed by atoms with Gasteiger partial charge in [0.1, 0.15) is 11.9 Å². The summed E-state index contributed by atoms with van der Waals surface area (Å²) in [7, 11) is 0. The van der Waals surface area contributed by atoms with Gasteiger partial charge in [-0.15, -0.1) is 0 Å². The molecular weight excluding hydrogens is 436 g/mol. The van der Waals surface area contributed by atoms with Crippen LogP contribution in [0.5, 0.6) is 0 Å². The Morgan fingerprint density at radius 2 is 1.63 bits per heavy atom. The first-order valence-electron chi connectivity index (χ1n) is 12.2. The summed E-state index contributed by atoms with van der Waals surface area (Å²) in [6.45, 7) is 5.10. The normalized spacial score (nSPS) is 18.3. The average Bonchev–Trinajstić information content (AvgIpc) is 3.28. The summed E-state index contributed by atoms with van der Waals surface area (Å²) in [5, 5.41) is 3.05. The summed E-state index contributed by atoms with van der Waals surface area (Å²) < 4.78 is 1.98. The number of fused-ring (bicyclic) bond motifs is 3. The van der Waals surface area contributed by atoms with Crippen LogP contribution < -0.4 is 5.32 Å². The van der Waals surface area contributed by atoms with Gasteiger partial charge in [0, 0.05) is 13.1 Å². The smallest absolute Gasteiger partial charge is 0.247 e. The Morgan fingerprint density at radius 3 is 2.37 bits per heavy atom. The molecule has 1 aliphatic rings. The van der Waals surface area contributed by atoms with E-state index in [1.54, 1.807) is 0 Å². The lowest BCUT2D eigenvalue weighted by atomic mass is 10.0. The minimum atomic E-state index is -0.635. The van der Waals surface area contributed by atoms with Crippen LogP contribution in [-0.2, 0) is 16.1 Å². The number of carbonyl (C=O) groups excluding carboxylic acids is 2. The molecule has 3 atom stereocenters. The molecule has 2 amide bonds. The number of amides is 2. The van der Waals surface area contributed by atoms with E-state index in [9.17, 15) is 9.59 Å². The van der Waals surface area contributed by atoms with Crippen molar-refractivity contribution in [3.63, 3.8) is 0 Å². The van der Waals surface area contributed by atoms with Gasteiger partial charge in [-0.1, -0.05) is 79.7 Å². The average molecular weight is 467 g/mol. The van der Waals surface area contributed by atoms with Gasteiger partial charge in [-0.2, -0.15) is 0 Å². The van der Waals surface area contributed by atoms with Crippen molar-refractivity contribution in [2.45, 2.75) is 44.8 Å². The first kappa shape index (κ1) is 22.8. The van der Waals surface area contributed by atoms with Crippen LogP contribution in [0.1, 0.15) is 55.2 Å². The van der Waals surface area contributed by atoms with Crippen LogP contribution in [0.4, 0.5) is 0 Å². The molecule has 0 radical (unpaired) electrons. The fraction of sp³-hybridized carbons (Fsp3) is 0.276. The second-order valence-corrected chi connectivity index (χ2v) is 9.29. The van der Waals surface area contributed by atoms with E-state index >= 15 is 0 Å². The topological polar surface area (TPSA) is 67.2 Å². The van der Waals surface area contributed by atoms with Crippen LogP contribution in [0.15, 0.2) is 84.9 Å². The quantitative estimate of drug-likeness (QED) is 0.417. The standard InChI is InChI=1S/C29H30N4O2/c1-20(23-13-7-4-8-14-23)18-30-27(34)17-26-29(35)32(19-22-11-5-3-6-12-22)21(2)28-31-24-15-9-10-16-25(24)33(26)28/h3-16,20-21,26H,17-19H2,1-2H3,(H,30,34)/t20-,21-,26-/m1/s1. The molecule has 6 nitrogen and oxygen atoms in total. The number of carbonyl (C=O) groups is 2. The Balaban J connectivity index is 1.41. The lowest BCUT2D eigenvalue weighted by Crippen LogP contribution is -2.46. The summed E-state index contributed by atoms with van der Waals surface area (Å²) in [6.07, 6.45) is 0.0751. The van der Waals surface area contributed by atoms with E-state index in [0.717, 1.165) is 22.4 Å². The van der Waals surface area contributed by atoms with Gasteiger partial charge in [0.2, 0.25) is 11.8 Å². The predicted octanol–water partition coefficient (Wildman–Crippen LogP) is 4.99. The molecule has 4 aromatic rings. The molecule has 1 aromatic heterocycles.